The summed E-state index contributed by atoms with van der Waals surface area (Å²) in [5, 5.41) is -0.156. The van der Waals surface area contributed by atoms with E-state index < -0.39 is 15.2 Å². The van der Waals surface area contributed by atoms with Gasteiger partial charge in [0, 0.05) is 36.3 Å². The quantitative estimate of drug-likeness (QED) is 0.760. The van der Waals surface area contributed by atoms with Crippen molar-refractivity contribution < 1.29 is 8.42 Å². The van der Waals surface area contributed by atoms with Gasteiger partial charge in [-0.05, 0) is 6.42 Å². The second-order valence-electron chi connectivity index (χ2n) is 4.89. The van der Waals surface area contributed by atoms with E-state index in [1.807, 2.05) is 11.8 Å². The number of sulfone groups is 1. The number of rotatable bonds is 5. The topological polar surface area (TPSA) is 63.2 Å². The molecule has 0 N–H and O–H groups in total. The van der Waals surface area contributed by atoms with Crippen LogP contribution in [0.15, 0.2) is 6.07 Å². The van der Waals surface area contributed by atoms with Crippen molar-refractivity contribution in [2.75, 3.05) is 28.7 Å². The Morgan fingerprint density at radius 2 is 2.19 bits per heavy atom. The number of aromatic nitrogens is 2. The van der Waals surface area contributed by atoms with E-state index in [0.29, 0.717) is 29.1 Å². The standard InChI is InChI=1S/C13H20ClN3O2S2/c1-3-5-11-15-10(14)8-12(16-11)17-6-7-20-9-13(17)21(18,19)4-2/h8,13H,3-7,9H2,1-2H3. The number of aryl methyl sites for hydroxylation is 1. The summed E-state index contributed by atoms with van der Waals surface area (Å²) in [6.45, 7) is 4.39. The Morgan fingerprint density at radius 3 is 2.86 bits per heavy atom. The Kier molecular flexibility index (Phi) is 5.73. The van der Waals surface area contributed by atoms with Gasteiger partial charge < -0.3 is 4.90 Å². The number of hydrogen-bond acceptors (Lipinski definition) is 6. The molecule has 1 aromatic rings. The van der Waals surface area contributed by atoms with Gasteiger partial charge >= 0.3 is 0 Å². The van der Waals surface area contributed by atoms with Crippen molar-refractivity contribution in [2.45, 2.75) is 32.1 Å². The lowest BCUT2D eigenvalue weighted by atomic mass is 10.3. The third-order valence-corrected chi connectivity index (χ3v) is 6.88. The number of thioether (sulfide) groups is 1. The second-order valence-corrected chi connectivity index (χ2v) is 8.87. The molecule has 0 amide bonds. The summed E-state index contributed by atoms with van der Waals surface area (Å²) in [4.78, 5) is 10.6. The average molecular weight is 350 g/mol. The molecule has 1 aliphatic rings. The number of nitrogens with zero attached hydrogens (tertiary/aromatic N) is 3. The third-order valence-electron chi connectivity index (χ3n) is 3.40. The van der Waals surface area contributed by atoms with Crippen LogP contribution >= 0.6 is 23.4 Å². The highest BCUT2D eigenvalue weighted by Gasteiger charge is 2.34. The van der Waals surface area contributed by atoms with E-state index in [1.165, 1.54) is 0 Å². The Labute approximate surface area is 135 Å². The summed E-state index contributed by atoms with van der Waals surface area (Å²) in [5.41, 5.74) is 0. The van der Waals surface area contributed by atoms with E-state index in [2.05, 4.69) is 9.97 Å². The maximum Gasteiger partial charge on any atom is 0.171 e. The molecule has 21 heavy (non-hydrogen) atoms. The van der Waals surface area contributed by atoms with Crippen molar-refractivity contribution in [3.05, 3.63) is 17.0 Å². The molecule has 5 nitrogen and oxygen atoms in total. The zero-order chi connectivity index (χ0) is 15.5. The first-order valence-electron chi connectivity index (χ1n) is 7.07. The van der Waals surface area contributed by atoms with Gasteiger partial charge in [0.15, 0.2) is 9.84 Å². The first-order chi connectivity index (χ1) is 9.97. The molecule has 2 rings (SSSR count). The molecule has 1 fully saturated rings. The van der Waals surface area contributed by atoms with Gasteiger partial charge in [0.2, 0.25) is 0 Å². The number of hydrogen-bond donors (Lipinski definition) is 0. The number of anilines is 1. The lowest BCUT2D eigenvalue weighted by Gasteiger charge is -2.35. The molecule has 1 unspecified atom stereocenters. The van der Waals surface area contributed by atoms with E-state index >= 15 is 0 Å². The highest BCUT2D eigenvalue weighted by Crippen LogP contribution is 2.27. The largest absolute Gasteiger partial charge is 0.338 e. The van der Waals surface area contributed by atoms with Crippen LogP contribution in [0, 0.1) is 0 Å². The van der Waals surface area contributed by atoms with Crippen molar-refractivity contribution in [1.29, 1.82) is 0 Å². The van der Waals surface area contributed by atoms with Gasteiger partial charge in [-0.25, -0.2) is 18.4 Å². The minimum atomic E-state index is -3.15. The fourth-order valence-corrected chi connectivity index (χ4v) is 5.44. The molecule has 0 saturated carbocycles. The van der Waals surface area contributed by atoms with E-state index in [4.69, 9.17) is 11.6 Å². The van der Waals surface area contributed by atoms with E-state index in [1.54, 1.807) is 24.8 Å². The molecule has 0 aromatic carbocycles. The first-order valence-corrected chi connectivity index (χ1v) is 10.3. The van der Waals surface area contributed by atoms with E-state index in [-0.39, 0.29) is 5.75 Å². The van der Waals surface area contributed by atoms with Crippen LogP contribution in [0.2, 0.25) is 5.15 Å². The molecule has 118 valence electrons. The van der Waals surface area contributed by atoms with Crippen LogP contribution in [0.25, 0.3) is 0 Å². The zero-order valence-corrected chi connectivity index (χ0v) is 14.6. The molecule has 1 aliphatic heterocycles. The van der Waals surface area contributed by atoms with Gasteiger partial charge in [0.05, 0.1) is 0 Å². The van der Waals surface area contributed by atoms with Crippen LogP contribution in [0.3, 0.4) is 0 Å². The minimum Gasteiger partial charge on any atom is -0.338 e. The van der Waals surface area contributed by atoms with Crippen molar-refractivity contribution in [3.63, 3.8) is 0 Å². The van der Waals surface area contributed by atoms with Crippen LogP contribution in [-0.4, -0.2) is 47.6 Å². The van der Waals surface area contributed by atoms with Gasteiger partial charge in [-0.2, -0.15) is 11.8 Å². The molecule has 0 bridgehead atoms. The lowest BCUT2D eigenvalue weighted by molar-refractivity contribution is 0.578. The molecule has 8 heteroatoms. The Balaban J connectivity index is 2.37. The summed E-state index contributed by atoms with van der Waals surface area (Å²) in [7, 11) is -3.15. The SMILES string of the molecule is CCCc1nc(Cl)cc(N2CCSCC2S(=O)(=O)CC)n1. The van der Waals surface area contributed by atoms with Crippen LogP contribution < -0.4 is 4.90 Å². The molecular weight excluding hydrogens is 330 g/mol. The summed E-state index contributed by atoms with van der Waals surface area (Å²) in [6, 6.07) is 1.66. The Morgan fingerprint density at radius 1 is 1.43 bits per heavy atom. The molecule has 1 aromatic heterocycles. The molecule has 2 heterocycles. The normalized spacial score (nSPS) is 19.8. The van der Waals surface area contributed by atoms with Crippen molar-refractivity contribution >= 4 is 39.0 Å². The van der Waals surface area contributed by atoms with E-state index in [9.17, 15) is 8.42 Å². The molecule has 0 aliphatic carbocycles. The van der Waals surface area contributed by atoms with Crippen LogP contribution in [0.1, 0.15) is 26.1 Å². The molecule has 0 radical (unpaired) electrons. The summed E-state index contributed by atoms with van der Waals surface area (Å²) < 4.78 is 24.6. The monoisotopic (exact) mass is 349 g/mol. The summed E-state index contributed by atoms with van der Waals surface area (Å²) in [6.07, 6.45) is 1.66. The smallest absolute Gasteiger partial charge is 0.171 e. The van der Waals surface area contributed by atoms with Gasteiger partial charge in [-0.1, -0.05) is 25.4 Å². The number of halogens is 1. The molecular formula is C13H20ClN3O2S2. The first kappa shape index (κ1) is 16.8. The van der Waals surface area contributed by atoms with Gasteiger partial charge in [-0.3, -0.25) is 0 Å². The second kappa shape index (κ2) is 7.15. The van der Waals surface area contributed by atoms with Crippen LogP contribution in [0.4, 0.5) is 5.82 Å². The van der Waals surface area contributed by atoms with Crippen molar-refractivity contribution in [3.8, 4) is 0 Å². The maximum absolute atomic E-state index is 12.3. The maximum atomic E-state index is 12.3. The molecule has 1 atom stereocenters. The van der Waals surface area contributed by atoms with Crippen LogP contribution in [0.5, 0.6) is 0 Å². The molecule has 1 saturated heterocycles. The summed E-state index contributed by atoms with van der Waals surface area (Å²) in [5.74, 6) is 2.89. The predicted octanol–water partition coefficient (Wildman–Crippen LogP) is 2.40. The van der Waals surface area contributed by atoms with Gasteiger partial charge in [0.1, 0.15) is 22.2 Å². The van der Waals surface area contributed by atoms with Crippen molar-refractivity contribution in [1.82, 2.24) is 9.97 Å². The molecule has 0 spiro atoms. The predicted molar refractivity (Wildman–Crippen MR) is 89.0 cm³/mol. The zero-order valence-electron chi connectivity index (χ0n) is 12.2. The Hall–Kier alpha value is -0.530. The lowest BCUT2D eigenvalue weighted by Crippen LogP contribution is -2.48. The summed E-state index contributed by atoms with van der Waals surface area (Å²) >= 11 is 7.73. The van der Waals surface area contributed by atoms with Gasteiger partial charge in [0.25, 0.3) is 0 Å². The van der Waals surface area contributed by atoms with E-state index in [0.717, 1.165) is 18.6 Å². The fraction of sp³-hybridized carbons (Fsp3) is 0.692. The minimum absolute atomic E-state index is 0.134. The highest BCUT2D eigenvalue weighted by atomic mass is 35.5. The average Bonchev–Trinajstić information content (AvgIpc) is 2.47. The third kappa shape index (κ3) is 4.02. The Bertz CT molecular complexity index is 595. The van der Waals surface area contributed by atoms with Crippen molar-refractivity contribution in [2.24, 2.45) is 0 Å². The van der Waals surface area contributed by atoms with Crippen LogP contribution in [-0.2, 0) is 16.3 Å². The fourth-order valence-electron chi connectivity index (χ4n) is 2.27. The highest BCUT2D eigenvalue weighted by molar-refractivity contribution is 8.01. The van der Waals surface area contributed by atoms with Gasteiger partial charge in [-0.15, -0.1) is 0 Å².